The highest BCUT2D eigenvalue weighted by Crippen LogP contribution is 2.22. The van der Waals surface area contributed by atoms with Crippen LogP contribution < -0.4 is 4.74 Å². The van der Waals surface area contributed by atoms with Gasteiger partial charge in [0.2, 0.25) is 0 Å². The van der Waals surface area contributed by atoms with Crippen LogP contribution in [0.4, 0.5) is 0 Å². The molecule has 1 N–H and O–H groups in total. The second-order valence-corrected chi connectivity index (χ2v) is 13.8. The summed E-state index contributed by atoms with van der Waals surface area (Å²) in [6.07, 6.45) is 10.7. The van der Waals surface area contributed by atoms with Gasteiger partial charge >= 0.3 is 0 Å². The summed E-state index contributed by atoms with van der Waals surface area (Å²) in [4.78, 5) is 0. The first kappa shape index (κ1) is 36.7. The van der Waals surface area contributed by atoms with Gasteiger partial charge in [0.1, 0.15) is 11.5 Å². The number of alkyl halides is 1. The fraction of sp³-hybridized carbons (Fsp3) is 0.500. The van der Waals surface area contributed by atoms with E-state index in [-0.39, 0.29) is 0 Å². The molecule has 2 nitrogen and oxygen atoms in total. The maximum absolute atomic E-state index is 9.13. The summed E-state index contributed by atoms with van der Waals surface area (Å²) in [5.74, 6) is 4.68. The van der Waals surface area contributed by atoms with E-state index < -0.39 is 0 Å². The number of halogens is 1. The van der Waals surface area contributed by atoms with Crippen molar-refractivity contribution in [3.63, 3.8) is 0 Å². The van der Waals surface area contributed by atoms with Crippen molar-refractivity contribution >= 4 is 37.5 Å². The lowest BCUT2D eigenvalue weighted by atomic mass is 9.98. The summed E-state index contributed by atoms with van der Waals surface area (Å²) in [5.41, 5.74) is 0. The summed E-state index contributed by atoms with van der Waals surface area (Å²) in [6.45, 7) is 14.7. The van der Waals surface area contributed by atoms with Crippen LogP contribution in [0.3, 0.4) is 0 Å². The van der Waals surface area contributed by atoms with Crippen LogP contribution in [0.25, 0.3) is 21.5 Å². The molecule has 2 atom stereocenters. The molecule has 0 fully saturated rings. The lowest BCUT2D eigenvalue weighted by Crippen LogP contribution is -2.04. The Morgan fingerprint density at radius 1 is 0.558 bits per heavy atom. The lowest BCUT2D eigenvalue weighted by molar-refractivity contribution is 0.276. The second-order valence-electron chi connectivity index (χ2n) is 13.0. The number of benzene rings is 4. The standard InChI is InChI=1S/C20H28O.C10H21Br.C10H8O/c1-16(2)7-6-8-17(3)13-14-21-20-12-11-18-9-4-5-10-19(18)15-20;1-9(2)5-4-6-10(3)7-8-11;11-10-6-5-8-3-1-2-4-9(8)7-10/h4-5,9-12,15-17H,6-8,13-14H2,1-3H3;9-10H,4-8H2,1-3H3;1-7,11H. The number of fused-ring (bicyclic) bond motifs is 2. The summed E-state index contributed by atoms with van der Waals surface area (Å²) in [6, 6.07) is 28.1. The predicted molar refractivity (Wildman–Crippen MR) is 194 cm³/mol. The molecule has 0 bridgehead atoms. The molecule has 0 aliphatic heterocycles. The van der Waals surface area contributed by atoms with Crippen LogP contribution in [0.15, 0.2) is 84.9 Å². The first-order valence-corrected chi connectivity index (χ1v) is 17.6. The van der Waals surface area contributed by atoms with Crippen molar-refractivity contribution in [2.75, 3.05) is 11.9 Å². The van der Waals surface area contributed by atoms with Crippen molar-refractivity contribution in [2.24, 2.45) is 23.7 Å². The molecule has 4 aromatic carbocycles. The number of ether oxygens (including phenoxy) is 1. The minimum absolute atomic E-state index is 0.323. The van der Waals surface area contributed by atoms with Gasteiger partial charge in [-0.1, -0.05) is 157 Å². The number of phenolic OH excluding ortho intramolecular Hbond substituents is 1. The Morgan fingerprint density at radius 2 is 1.05 bits per heavy atom. The maximum atomic E-state index is 9.13. The van der Waals surface area contributed by atoms with Crippen LogP contribution in [0.2, 0.25) is 0 Å². The highest BCUT2D eigenvalue weighted by atomic mass is 79.9. The van der Waals surface area contributed by atoms with Gasteiger partial charge in [-0.15, -0.1) is 0 Å². The largest absolute Gasteiger partial charge is 0.508 e. The van der Waals surface area contributed by atoms with E-state index in [0.717, 1.165) is 58.6 Å². The molecule has 43 heavy (non-hydrogen) atoms. The van der Waals surface area contributed by atoms with Crippen molar-refractivity contribution in [3.05, 3.63) is 84.9 Å². The number of rotatable bonds is 14. The Kier molecular flexibility index (Phi) is 18.1. The molecule has 0 spiro atoms. The topological polar surface area (TPSA) is 29.5 Å². The Bertz CT molecular complexity index is 1280. The lowest BCUT2D eigenvalue weighted by Gasteiger charge is -2.13. The number of aromatic hydroxyl groups is 1. The molecule has 0 radical (unpaired) electrons. The monoisotopic (exact) mass is 648 g/mol. The highest BCUT2D eigenvalue weighted by Gasteiger charge is 2.05. The van der Waals surface area contributed by atoms with Crippen LogP contribution in [0.1, 0.15) is 92.9 Å². The van der Waals surface area contributed by atoms with Gasteiger partial charge in [0.05, 0.1) is 6.61 Å². The number of hydrogen-bond acceptors (Lipinski definition) is 2. The SMILES string of the molecule is CC(C)CCCC(C)CCBr.CC(C)CCCC(C)CCOc1ccc2ccccc2c1.Oc1ccc2ccccc2c1. The van der Waals surface area contributed by atoms with Gasteiger partial charge in [0.15, 0.2) is 0 Å². The van der Waals surface area contributed by atoms with Crippen molar-refractivity contribution in [3.8, 4) is 11.5 Å². The van der Waals surface area contributed by atoms with E-state index in [9.17, 15) is 0 Å². The Balaban J connectivity index is 0.000000247. The van der Waals surface area contributed by atoms with Crippen molar-refractivity contribution < 1.29 is 9.84 Å². The van der Waals surface area contributed by atoms with Gasteiger partial charge in [-0.3, -0.25) is 0 Å². The average molecular weight is 650 g/mol. The van der Waals surface area contributed by atoms with Crippen molar-refractivity contribution in [1.82, 2.24) is 0 Å². The molecule has 0 amide bonds. The smallest absolute Gasteiger partial charge is 0.119 e. The summed E-state index contributed by atoms with van der Waals surface area (Å²) < 4.78 is 5.91. The average Bonchev–Trinajstić information content (AvgIpc) is 2.97. The van der Waals surface area contributed by atoms with Gasteiger partial charge in [-0.2, -0.15) is 0 Å². The third kappa shape index (κ3) is 16.2. The summed E-state index contributed by atoms with van der Waals surface area (Å²) >= 11 is 3.47. The minimum Gasteiger partial charge on any atom is -0.508 e. The molecular formula is C40H57BrO2. The Labute approximate surface area is 271 Å². The van der Waals surface area contributed by atoms with E-state index in [2.05, 4.69) is 99.9 Å². The van der Waals surface area contributed by atoms with Crippen LogP contribution in [0.5, 0.6) is 11.5 Å². The van der Waals surface area contributed by atoms with Gasteiger partial charge < -0.3 is 9.84 Å². The van der Waals surface area contributed by atoms with E-state index >= 15 is 0 Å². The normalized spacial score (nSPS) is 12.4. The molecule has 2 unspecified atom stereocenters. The summed E-state index contributed by atoms with van der Waals surface area (Å²) in [5, 5.41) is 15.0. The summed E-state index contributed by atoms with van der Waals surface area (Å²) in [7, 11) is 0. The second kappa shape index (κ2) is 21.2. The van der Waals surface area contributed by atoms with Crippen LogP contribution in [0, 0.1) is 23.7 Å². The zero-order valence-corrected chi connectivity index (χ0v) is 29.3. The minimum atomic E-state index is 0.323. The van der Waals surface area contributed by atoms with E-state index in [0.29, 0.717) is 5.75 Å². The molecule has 0 saturated carbocycles. The quantitative estimate of drug-likeness (QED) is 0.138. The third-order valence-corrected chi connectivity index (χ3v) is 8.35. The van der Waals surface area contributed by atoms with E-state index in [4.69, 9.17) is 9.84 Å². The van der Waals surface area contributed by atoms with Crippen LogP contribution in [-0.4, -0.2) is 17.0 Å². The Hall–Kier alpha value is -2.52. The molecule has 0 aliphatic rings. The zero-order valence-electron chi connectivity index (χ0n) is 27.7. The molecule has 4 rings (SSSR count). The number of phenols is 1. The molecule has 4 aromatic rings. The molecule has 0 saturated heterocycles. The van der Waals surface area contributed by atoms with Crippen molar-refractivity contribution in [1.29, 1.82) is 0 Å². The molecule has 0 aliphatic carbocycles. The van der Waals surface area contributed by atoms with E-state index in [1.807, 2.05) is 30.3 Å². The van der Waals surface area contributed by atoms with Crippen LogP contribution >= 0.6 is 15.9 Å². The Morgan fingerprint density at radius 3 is 1.58 bits per heavy atom. The fourth-order valence-corrected chi connectivity index (χ4v) is 5.82. The van der Waals surface area contributed by atoms with Gasteiger partial charge in [-0.05, 0) is 82.3 Å². The highest BCUT2D eigenvalue weighted by molar-refractivity contribution is 9.09. The fourth-order valence-electron chi connectivity index (χ4n) is 5.04. The number of hydrogen-bond donors (Lipinski definition) is 1. The molecule has 236 valence electrons. The zero-order chi connectivity index (χ0) is 31.5. The first-order chi connectivity index (χ1) is 20.7. The van der Waals surface area contributed by atoms with Crippen LogP contribution in [-0.2, 0) is 0 Å². The van der Waals surface area contributed by atoms with Gasteiger partial charge in [0.25, 0.3) is 0 Å². The first-order valence-electron chi connectivity index (χ1n) is 16.5. The predicted octanol–water partition coefficient (Wildman–Crippen LogP) is 12.9. The maximum Gasteiger partial charge on any atom is 0.119 e. The molecule has 3 heteroatoms. The van der Waals surface area contributed by atoms with E-state index in [1.54, 1.807) is 12.1 Å². The van der Waals surface area contributed by atoms with Gasteiger partial charge in [-0.25, -0.2) is 0 Å². The third-order valence-electron chi connectivity index (χ3n) is 7.89. The molecular weight excluding hydrogens is 592 g/mol. The van der Waals surface area contributed by atoms with E-state index in [1.165, 1.54) is 55.7 Å². The van der Waals surface area contributed by atoms with Gasteiger partial charge in [0, 0.05) is 5.33 Å². The van der Waals surface area contributed by atoms with Crippen molar-refractivity contribution in [2.45, 2.75) is 92.9 Å². The molecule has 0 heterocycles. The molecule has 0 aromatic heterocycles.